The van der Waals surface area contributed by atoms with Crippen molar-refractivity contribution in [2.75, 3.05) is 0 Å². The Labute approximate surface area is 144 Å². The molecule has 122 valence electrons. The SMILES string of the molecule is CC(C)[n+]1nsc2cc(CC(C)[n+]3onc4ccccc43)ccc21. The second kappa shape index (κ2) is 5.94. The fourth-order valence-corrected chi connectivity index (χ4v) is 3.97. The molecule has 0 radical (unpaired) electrons. The summed E-state index contributed by atoms with van der Waals surface area (Å²) < 4.78 is 15.2. The monoisotopic (exact) mass is 340 g/mol. The molecule has 0 aliphatic carbocycles. The minimum atomic E-state index is 0.194. The molecule has 0 fully saturated rings. The van der Waals surface area contributed by atoms with E-state index in [1.165, 1.54) is 15.8 Å². The molecule has 0 aliphatic rings. The number of para-hydroxylation sites is 1. The molecule has 2 heterocycles. The first-order valence-corrected chi connectivity index (χ1v) is 8.97. The Hall–Kier alpha value is -2.34. The predicted molar refractivity (Wildman–Crippen MR) is 92.8 cm³/mol. The molecule has 1 atom stereocenters. The molecular formula is C18H20N4OS+2. The quantitative estimate of drug-likeness (QED) is 0.535. The van der Waals surface area contributed by atoms with Crippen LogP contribution < -0.4 is 9.42 Å². The molecule has 0 aliphatic heterocycles. The second-order valence-electron chi connectivity index (χ2n) is 6.45. The number of benzene rings is 2. The fraction of sp³-hybridized carbons (Fsp3) is 0.333. The van der Waals surface area contributed by atoms with Gasteiger partial charge in [0.1, 0.15) is 10.7 Å². The van der Waals surface area contributed by atoms with Crippen LogP contribution in [0.2, 0.25) is 0 Å². The summed E-state index contributed by atoms with van der Waals surface area (Å²) in [7, 11) is 0. The first kappa shape index (κ1) is 15.2. The Bertz CT molecular complexity index is 1000. The second-order valence-corrected chi connectivity index (χ2v) is 7.24. The van der Waals surface area contributed by atoms with E-state index in [2.05, 4.69) is 53.3 Å². The van der Waals surface area contributed by atoms with Gasteiger partial charge < -0.3 is 0 Å². The molecule has 4 aromatic rings. The van der Waals surface area contributed by atoms with Crippen molar-refractivity contribution in [3.63, 3.8) is 0 Å². The van der Waals surface area contributed by atoms with E-state index in [0.717, 1.165) is 17.5 Å². The largest absolute Gasteiger partial charge is 0.273 e. The Morgan fingerprint density at radius 3 is 2.75 bits per heavy atom. The van der Waals surface area contributed by atoms with E-state index in [-0.39, 0.29) is 6.04 Å². The van der Waals surface area contributed by atoms with Crippen molar-refractivity contribution in [3.8, 4) is 0 Å². The Balaban J connectivity index is 1.64. The molecule has 4 rings (SSSR count). The highest BCUT2D eigenvalue weighted by Gasteiger charge is 2.23. The van der Waals surface area contributed by atoms with E-state index >= 15 is 0 Å². The highest BCUT2D eigenvalue weighted by molar-refractivity contribution is 7.12. The molecule has 2 aromatic heterocycles. The van der Waals surface area contributed by atoms with Crippen LogP contribution in [0, 0.1) is 0 Å². The smallest absolute Gasteiger partial charge is 0.0838 e. The average Bonchev–Trinajstić information content (AvgIpc) is 3.18. The van der Waals surface area contributed by atoms with Crippen molar-refractivity contribution in [2.24, 2.45) is 0 Å². The number of fused-ring (bicyclic) bond motifs is 2. The lowest BCUT2D eigenvalue weighted by Crippen LogP contribution is -2.38. The van der Waals surface area contributed by atoms with E-state index in [9.17, 15) is 0 Å². The lowest BCUT2D eigenvalue weighted by Gasteiger charge is -2.05. The van der Waals surface area contributed by atoms with Gasteiger partial charge in [0.25, 0.3) is 11.0 Å². The number of aromatic nitrogens is 4. The third-order valence-electron chi connectivity index (χ3n) is 4.27. The summed E-state index contributed by atoms with van der Waals surface area (Å²) in [6.45, 7) is 6.46. The van der Waals surface area contributed by atoms with Crippen LogP contribution in [0.3, 0.4) is 0 Å². The number of rotatable bonds is 4. The van der Waals surface area contributed by atoms with Crippen molar-refractivity contribution in [2.45, 2.75) is 39.3 Å². The van der Waals surface area contributed by atoms with E-state index in [1.54, 1.807) is 11.5 Å². The van der Waals surface area contributed by atoms with Gasteiger partial charge in [-0.3, -0.25) is 0 Å². The van der Waals surface area contributed by atoms with Crippen LogP contribution in [0.4, 0.5) is 0 Å². The van der Waals surface area contributed by atoms with Crippen LogP contribution in [-0.2, 0) is 6.42 Å². The van der Waals surface area contributed by atoms with Gasteiger partial charge in [-0.15, -0.1) is 0 Å². The summed E-state index contributed by atoms with van der Waals surface area (Å²) in [5, 5.41) is 4.13. The lowest BCUT2D eigenvalue weighted by atomic mass is 10.1. The molecule has 0 amide bonds. The summed E-state index contributed by atoms with van der Waals surface area (Å²) in [6, 6.07) is 15.2. The van der Waals surface area contributed by atoms with E-state index in [0.29, 0.717) is 6.04 Å². The van der Waals surface area contributed by atoms with Crippen molar-refractivity contribution in [1.29, 1.82) is 0 Å². The first-order chi connectivity index (χ1) is 11.6. The fourth-order valence-electron chi connectivity index (χ4n) is 3.05. The number of hydrogen-bond acceptors (Lipinski definition) is 4. The molecule has 0 bridgehead atoms. The number of nitrogens with zero attached hydrogens (tertiary/aromatic N) is 4. The highest BCUT2D eigenvalue weighted by Crippen LogP contribution is 2.20. The third kappa shape index (κ3) is 2.57. The molecule has 5 nitrogen and oxygen atoms in total. The maximum Gasteiger partial charge on any atom is 0.273 e. The van der Waals surface area contributed by atoms with E-state index in [4.69, 9.17) is 4.63 Å². The van der Waals surface area contributed by atoms with Gasteiger partial charge in [0.05, 0.1) is 4.49 Å². The van der Waals surface area contributed by atoms with Crippen molar-refractivity contribution < 1.29 is 14.1 Å². The molecule has 6 heteroatoms. The van der Waals surface area contributed by atoms with E-state index < -0.39 is 0 Å². The topological polar surface area (TPSA) is 46.7 Å². The van der Waals surface area contributed by atoms with Gasteiger partial charge >= 0.3 is 0 Å². The Morgan fingerprint density at radius 1 is 1.08 bits per heavy atom. The predicted octanol–water partition coefficient (Wildman–Crippen LogP) is 3.40. The van der Waals surface area contributed by atoms with Crippen LogP contribution in [0.15, 0.2) is 47.1 Å². The molecule has 0 spiro atoms. The molecule has 0 N–H and O–H groups in total. The minimum Gasteiger partial charge on any atom is -0.0838 e. The average molecular weight is 340 g/mol. The van der Waals surface area contributed by atoms with Crippen molar-refractivity contribution in [3.05, 3.63) is 48.0 Å². The van der Waals surface area contributed by atoms with Gasteiger partial charge in [-0.05, 0) is 44.5 Å². The van der Waals surface area contributed by atoms with Gasteiger partial charge in [-0.1, -0.05) is 32.2 Å². The molecule has 24 heavy (non-hydrogen) atoms. The Kier molecular flexibility index (Phi) is 3.76. The zero-order valence-corrected chi connectivity index (χ0v) is 14.8. The molecule has 1 unspecified atom stereocenters. The normalized spacial score (nSPS) is 13.2. The summed E-state index contributed by atoms with van der Waals surface area (Å²) >= 11 is 1.55. The maximum atomic E-state index is 5.52. The van der Waals surface area contributed by atoms with Gasteiger partial charge in [0.15, 0.2) is 11.2 Å². The van der Waals surface area contributed by atoms with Gasteiger partial charge in [-0.2, -0.15) is 0 Å². The van der Waals surface area contributed by atoms with Gasteiger partial charge in [-0.25, -0.2) is 0 Å². The number of hydrogen-bond donors (Lipinski definition) is 0. The van der Waals surface area contributed by atoms with Crippen molar-refractivity contribution >= 4 is 32.8 Å². The minimum absolute atomic E-state index is 0.194. The van der Waals surface area contributed by atoms with E-state index in [1.807, 2.05) is 29.0 Å². The summed E-state index contributed by atoms with van der Waals surface area (Å²) in [5.41, 5.74) is 4.40. The van der Waals surface area contributed by atoms with Crippen LogP contribution in [-0.4, -0.2) is 9.64 Å². The summed E-state index contributed by atoms with van der Waals surface area (Å²) in [5.74, 6) is 0. The van der Waals surface area contributed by atoms with Crippen LogP contribution >= 0.6 is 11.5 Å². The van der Waals surface area contributed by atoms with Crippen LogP contribution in [0.5, 0.6) is 0 Å². The van der Waals surface area contributed by atoms with Crippen LogP contribution in [0.25, 0.3) is 21.3 Å². The zero-order chi connectivity index (χ0) is 16.7. The standard InChI is InChI=1S/C18H20N4OS/c1-12(2)21-17-9-8-14(11-18(17)24-20-21)10-13(3)22-16-7-5-4-6-15(16)19-23-22/h4-9,11-13H,10H2,1-3H3/q+2. The zero-order valence-electron chi connectivity index (χ0n) is 14.0. The lowest BCUT2D eigenvalue weighted by molar-refractivity contribution is -0.869. The summed E-state index contributed by atoms with van der Waals surface area (Å²) in [6.07, 6.45) is 0.888. The Morgan fingerprint density at radius 2 is 1.92 bits per heavy atom. The van der Waals surface area contributed by atoms with Gasteiger partial charge in [0.2, 0.25) is 5.52 Å². The maximum absolute atomic E-state index is 5.52. The highest BCUT2D eigenvalue weighted by atomic mass is 32.1. The first-order valence-electron chi connectivity index (χ1n) is 8.20. The molecule has 2 aromatic carbocycles. The molecule has 0 saturated carbocycles. The summed E-state index contributed by atoms with van der Waals surface area (Å²) in [4.78, 5) is 0. The molecule has 0 saturated heterocycles. The molecular weight excluding hydrogens is 320 g/mol. The van der Waals surface area contributed by atoms with Gasteiger partial charge in [0, 0.05) is 24.0 Å². The van der Waals surface area contributed by atoms with Crippen LogP contribution in [0.1, 0.15) is 38.4 Å². The third-order valence-corrected chi connectivity index (χ3v) is 5.05. The van der Waals surface area contributed by atoms with Crippen molar-refractivity contribution in [1.82, 2.24) is 9.64 Å².